The number of carbonyl (C=O) groups excluding carboxylic acids is 1. The summed E-state index contributed by atoms with van der Waals surface area (Å²) in [5.74, 6) is 1.80. The number of carbonyl (C=O) groups is 1. The van der Waals surface area contributed by atoms with Gasteiger partial charge in [0, 0.05) is 15.9 Å². The highest BCUT2D eigenvalue weighted by Gasteiger charge is 2.24. The molecule has 0 aliphatic carbocycles. The molecule has 0 saturated heterocycles. The molecule has 0 aromatic heterocycles. The van der Waals surface area contributed by atoms with Gasteiger partial charge in [-0.15, -0.1) is 11.8 Å². The van der Waals surface area contributed by atoms with Crippen LogP contribution >= 0.6 is 11.8 Å². The van der Waals surface area contributed by atoms with E-state index in [4.69, 9.17) is 4.74 Å². The molecule has 0 fully saturated rings. The quantitative estimate of drug-likeness (QED) is 0.581. The zero-order valence-electron chi connectivity index (χ0n) is 10.2. The lowest BCUT2D eigenvalue weighted by atomic mass is 9.86. The highest BCUT2D eigenvalue weighted by molar-refractivity contribution is 7.99. The first-order chi connectivity index (χ1) is 7.55. The van der Waals surface area contributed by atoms with E-state index in [2.05, 4.69) is 6.92 Å². The average Bonchev–Trinajstić information content (AvgIpc) is 2.29. The molecule has 3 heteroatoms. The summed E-state index contributed by atoms with van der Waals surface area (Å²) in [6, 6.07) is 6.00. The molecule has 0 saturated carbocycles. The second-order valence-corrected chi connectivity index (χ2v) is 5.47. The first-order valence-corrected chi connectivity index (χ1v) is 6.31. The van der Waals surface area contributed by atoms with Crippen molar-refractivity contribution in [2.45, 2.75) is 31.1 Å². The van der Waals surface area contributed by atoms with E-state index >= 15 is 0 Å². The zero-order chi connectivity index (χ0) is 12.2. The van der Waals surface area contributed by atoms with E-state index < -0.39 is 5.41 Å². The number of ether oxygens (including phenoxy) is 1. The van der Waals surface area contributed by atoms with Crippen molar-refractivity contribution < 1.29 is 9.53 Å². The Balaban J connectivity index is 3.21. The number of aldehydes is 1. The Morgan fingerprint density at radius 2 is 2.12 bits per heavy atom. The lowest BCUT2D eigenvalue weighted by Crippen LogP contribution is -2.19. The predicted octanol–water partition coefficient (Wildman–Crippen LogP) is 3.28. The minimum atomic E-state index is -0.504. The highest BCUT2D eigenvalue weighted by Crippen LogP contribution is 2.33. The molecule has 2 nitrogen and oxygen atoms in total. The summed E-state index contributed by atoms with van der Waals surface area (Å²) in [7, 11) is 1.63. The van der Waals surface area contributed by atoms with Crippen LogP contribution in [0.2, 0.25) is 0 Å². The molecule has 1 aromatic rings. The second kappa shape index (κ2) is 5.39. The first kappa shape index (κ1) is 13.1. The number of methoxy groups -OCH3 is 1. The fourth-order valence-corrected chi connectivity index (χ4v) is 2.21. The van der Waals surface area contributed by atoms with Gasteiger partial charge in [0.05, 0.1) is 7.11 Å². The standard InChI is InChI=1S/C13H18O2S/c1-5-16-10-6-7-12(15-4)11(8-10)13(2,3)9-14/h6-9H,5H2,1-4H3. The van der Waals surface area contributed by atoms with Gasteiger partial charge in [0.2, 0.25) is 0 Å². The van der Waals surface area contributed by atoms with Crippen molar-refractivity contribution in [3.63, 3.8) is 0 Å². The van der Waals surface area contributed by atoms with Gasteiger partial charge in [-0.05, 0) is 37.8 Å². The summed E-state index contributed by atoms with van der Waals surface area (Å²) in [4.78, 5) is 12.3. The second-order valence-electron chi connectivity index (χ2n) is 4.13. The van der Waals surface area contributed by atoms with Crippen molar-refractivity contribution >= 4 is 18.0 Å². The molecule has 0 unspecified atom stereocenters. The molecule has 1 rings (SSSR count). The van der Waals surface area contributed by atoms with E-state index in [-0.39, 0.29) is 0 Å². The molecule has 0 amide bonds. The van der Waals surface area contributed by atoms with Gasteiger partial charge in [-0.1, -0.05) is 6.92 Å². The Labute approximate surface area is 101 Å². The molecule has 88 valence electrons. The number of thioether (sulfide) groups is 1. The summed E-state index contributed by atoms with van der Waals surface area (Å²) in [5, 5.41) is 0. The van der Waals surface area contributed by atoms with Gasteiger partial charge in [-0.25, -0.2) is 0 Å². The van der Waals surface area contributed by atoms with Gasteiger partial charge < -0.3 is 9.53 Å². The molecule has 1 aromatic carbocycles. The summed E-state index contributed by atoms with van der Waals surface area (Å²) in [6.45, 7) is 5.91. The Morgan fingerprint density at radius 3 is 2.62 bits per heavy atom. The maximum atomic E-state index is 11.1. The summed E-state index contributed by atoms with van der Waals surface area (Å²) in [5.41, 5.74) is 0.443. The van der Waals surface area contributed by atoms with Crippen LogP contribution in [0.15, 0.2) is 23.1 Å². The van der Waals surface area contributed by atoms with Crippen LogP contribution in [0.25, 0.3) is 0 Å². The van der Waals surface area contributed by atoms with Gasteiger partial charge in [0.25, 0.3) is 0 Å². The molecule has 0 radical (unpaired) electrons. The summed E-state index contributed by atoms with van der Waals surface area (Å²) in [6.07, 6.45) is 0.964. The third-order valence-corrected chi connectivity index (χ3v) is 3.35. The Bertz CT molecular complexity index is 372. The molecule has 0 bridgehead atoms. The lowest BCUT2D eigenvalue weighted by molar-refractivity contribution is -0.111. The Morgan fingerprint density at radius 1 is 1.44 bits per heavy atom. The molecular formula is C13H18O2S. The average molecular weight is 238 g/mol. The van der Waals surface area contributed by atoms with Gasteiger partial charge in [0.15, 0.2) is 0 Å². The van der Waals surface area contributed by atoms with Crippen LogP contribution < -0.4 is 4.74 Å². The summed E-state index contributed by atoms with van der Waals surface area (Å²) >= 11 is 1.76. The van der Waals surface area contributed by atoms with Crippen molar-refractivity contribution in [1.29, 1.82) is 0 Å². The van der Waals surface area contributed by atoms with E-state index in [0.717, 1.165) is 23.4 Å². The molecule has 0 atom stereocenters. The molecular weight excluding hydrogens is 220 g/mol. The van der Waals surface area contributed by atoms with Gasteiger partial charge in [-0.3, -0.25) is 0 Å². The molecule has 0 spiro atoms. The zero-order valence-corrected chi connectivity index (χ0v) is 11.1. The molecule has 0 N–H and O–H groups in total. The van der Waals surface area contributed by atoms with Gasteiger partial charge in [0.1, 0.15) is 12.0 Å². The maximum absolute atomic E-state index is 11.1. The topological polar surface area (TPSA) is 26.3 Å². The van der Waals surface area contributed by atoms with Gasteiger partial charge >= 0.3 is 0 Å². The smallest absolute Gasteiger partial charge is 0.130 e. The molecule has 0 aliphatic heterocycles. The van der Waals surface area contributed by atoms with Crippen molar-refractivity contribution in [2.75, 3.05) is 12.9 Å². The van der Waals surface area contributed by atoms with Crippen LogP contribution in [-0.2, 0) is 10.2 Å². The van der Waals surface area contributed by atoms with Crippen molar-refractivity contribution in [1.82, 2.24) is 0 Å². The minimum Gasteiger partial charge on any atom is -0.496 e. The van der Waals surface area contributed by atoms with Crippen LogP contribution in [0, 0.1) is 0 Å². The monoisotopic (exact) mass is 238 g/mol. The maximum Gasteiger partial charge on any atom is 0.130 e. The van der Waals surface area contributed by atoms with Crippen molar-refractivity contribution in [2.24, 2.45) is 0 Å². The number of benzene rings is 1. The van der Waals surface area contributed by atoms with Crippen LogP contribution in [-0.4, -0.2) is 19.1 Å². The van der Waals surface area contributed by atoms with E-state index in [9.17, 15) is 4.79 Å². The third-order valence-electron chi connectivity index (χ3n) is 2.47. The predicted molar refractivity (Wildman–Crippen MR) is 68.5 cm³/mol. The molecule has 0 aliphatic rings. The van der Waals surface area contributed by atoms with Crippen molar-refractivity contribution in [3.8, 4) is 5.75 Å². The van der Waals surface area contributed by atoms with Crippen LogP contribution in [0.1, 0.15) is 26.3 Å². The van der Waals surface area contributed by atoms with E-state index in [1.807, 2.05) is 32.0 Å². The Hall–Kier alpha value is -0.960. The molecule has 16 heavy (non-hydrogen) atoms. The van der Waals surface area contributed by atoms with Crippen molar-refractivity contribution in [3.05, 3.63) is 23.8 Å². The fraction of sp³-hybridized carbons (Fsp3) is 0.462. The number of hydrogen-bond acceptors (Lipinski definition) is 3. The van der Waals surface area contributed by atoms with Gasteiger partial charge in [-0.2, -0.15) is 0 Å². The van der Waals surface area contributed by atoms with E-state index in [1.54, 1.807) is 18.9 Å². The largest absolute Gasteiger partial charge is 0.496 e. The lowest BCUT2D eigenvalue weighted by Gasteiger charge is -2.21. The van der Waals surface area contributed by atoms with E-state index in [1.165, 1.54) is 4.90 Å². The highest BCUT2D eigenvalue weighted by atomic mass is 32.2. The third kappa shape index (κ3) is 2.79. The molecule has 0 heterocycles. The normalized spacial score (nSPS) is 11.2. The van der Waals surface area contributed by atoms with Crippen LogP contribution in [0.5, 0.6) is 5.75 Å². The van der Waals surface area contributed by atoms with Crippen LogP contribution in [0.3, 0.4) is 0 Å². The van der Waals surface area contributed by atoms with Crippen LogP contribution in [0.4, 0.5) is 0 Å². The summed E-state index contributed by atoms with van der Waals surface area (Å²) < 4.78 is 5.30. The Kier molecular flexibility index (Phi) is 4.42. The van der Waals surface area contributed by atoms with E-state index in [0.29, 0.717) is 0 Å². The first-order valence-electron chi connectivity index (χ1n) is 5.32. The number of hydrogen-bond donors (Lipinski definition) is 0. The SMILES string of the molecule is CCSc1ccc(OC)c(C(C)(C)C=O)c1. The fourth-order valence-electron chi connectivity index (χ4n) is 1.51. The minimum absolute atomic E-state index is 0.504. The number of rotatable bonds is 5.